The highest BCUT2D eigenvalue weighted by Crippen LogP contribution is 2.32. The molecule has 0 radical (unpaired) electrons. The molecule has 0 aliphatic carbocycles. The Labute approximate surface area is 103 Å². The minimum atomic E-state index is -2.62. The van der Waals surface area contributed by atoms with Crippen LogP contribution < -0.4 is 0 Å². The fourth-order valence-electron chi connectivity index (χ4n) is 1.82. The van der Waals surface area contributed by atoms with Crippen LogP contribution in [-0.4, -0.2) is 9.78 Å². The van der Waals surface area contributed by atoms with Crippen molar-refractivity contribution in [3.05, 3.63) is 41.3 Å². The van der Waals surface area contributed by atoms with Crippen LogP contribution in [0.15, 0.2) is 24.4 Å². The molecule has 2 nitrogen and oxygen atoms in total. The molecule has 0 unspecified atom stereocenters. The summed E-state index contributed by atoms with van der Waals surface area (Å²) in [5, 5.41) is 4.09. The molecule has 5 heteroatoms. The number of aromatic nitrogens is 2. The van der Waals surface area contributed by atoms with Crippen LogP contribution in [-0.2, 0) is 6.54 Å². The van der Waals surface area contributed by atoms with Crippen molar-refractivity contribution in [2.45, 2.75) is 26.8 Å². The van der Waals surface area contributed by atoms with Gasteiger partial charge in [0.25, 0.3) is 6.43 Å². The topological polar surface area (TPSA) is 17.8 Å². The monoisotopic (exact) mass is 254 g/mol. The van der Waals surface area contributed by atoms with Gasteiger partial charge < -0.3 is 0 Å². The second-order valence-corrected chi connectivity index (χ2v) is 4.05. The zero-order valence-corrected chi connectivity index (χ0v) is 10.1. The third-order valence-electron chi connectivity index (χ3n) is 2.80. The van der Waals surface area contributed by atoms with Crippen LogP contribution in [0.4, 0.5) is 13.2 Å². The quantitative estimate of drug-likeness (QED) is 0.810. The standard InChI is InChI=1S/C13H13F3N2/c1-3-18-7-11(13(15)16)12(17-18)10-6-9(14)5-4-8(10)2/h4-7,13H,3H2,1-2H3. The summed E-state index contributed by atoms with van der Waals surface area (Å²) in [4.78, 5) is 0. The predicted octanol–water partition coefficient (Wildman–Crippen LogP) is 3.96. The molecular formula is C13H13F3N2. The van der Waals surface area contributed by atoms with Crippen LogP contribution in [0, 0.1) is 12.7 Å². The molecule has 0 atom stereocenters. The van der Waals surface area contributed by atoms with Crippen molar-refractivity contribution < 1.29 is 13.2 Å². The van der Waals surface area contributed by atoms with E-state index in [1.54, 1.807) is 13.0 Å². The Morgan fingerprint density at radius 2 is 2.06 bits per heavy atom. The molecular weight excluding hydrogens is 241 g/mol. The van der Waals surface area contributed by atoms with Crippen LogP contribution in [0.2, 0.25) is 0 Å². The number of rotatable bonds is 3. The van der Waals surface area contributed by atoms with Crippen molar-refractivity contribution in [2.75, 3.05) is 0 Å². The van der Waals surface area contributed by atoms with Gasteiger partial charge in [-0.15, -0.1) is 0 Å². The Hall–Kier alpha value is -1.78. The zero-order chi connectivity index (χ0) is 13.3. The lowest BCUT2D eigenvalue weighted by Crippen LogP contribution is -1.95. The van der Waals surface area contributed by atoms with Gasteiger partial charge in [-0.1, -0.05) is 6.07 Å². The van der Waals surface area contributed by atoms with Gasteiger partial charge in [0.05, 0.1) is 5.56 Å². The summed E-state index contributed by atoms with van der Waals surface area (Å²) >= 11 is 0. The first-order chi connectivity index (χ1) is 8.52. The summed E-state index contributed by atoms with van der Waals surface area (Å²) in [6.45, 7) is 4.05. The maximum Gasteiger partial charge on any atom is 0.267 e. The smallest absolute Gasteiger partial charge is 0.267 e. The molecule has 18 heavy (non-hydrogen) atoms. The maximum absolute atomic E-state index is 13.2. The van der Waals surface area contributed by atoms with E-state index in [-0.39, 0.29) is 11.3 Å². The normalized spacial score (nSPS) is 11.2. The molecule has 2 aromatic rings. The minimum Gasteiger partial charge on any atom is -0.272 e. The molecule has 0 saturated carbocycles. The van der Waals surface area contributed by atoms with Crippen LogP contribution in [0.1, 0.15) is 24.5 Å². The number of nitrogens with zero attached hydrogens (tertiary/aromatic N) is 2. The van der Waals surface area contributed by atoms with E-state index in [2.05, 4.69) is 5.10 Å². The fraction of sp³-hybridized carbons (Fsp3) is 0.308. The van der Waals surface area contributed by atoms with Crippen LogP contribution in [0.25, 0.3) is 11.3 Å². The first-order valence-electron chi connectivity index (χ1n) is 5.65. The Balaban J connectivity index is 2.62. The molecule has 1 aromatic carbocycles. The summed E-state index contributed by atoms with van der Waals surface area (Å²) in [7, 11) is 0. The van der Waals surface area contributed by atoms with Crippen LogP contribution in [0.3, 0.4) is 0 Å². The zero-order valence-electron chi connectivity index (χ0n) is 10.1. The van der Waals surface area contributed by atoms with Gasteiger partial charge in [-0.05, 0) is 31.5 Å². The van der Waals surface area contributed by atoms with Gasteiger partial charge >= 0.3 is 0 Å². The van der Waals surface area contributed by atoms with Gasteiger partial charge in [-0.3, -0.25) is 4.68 Å². The minimum absolute atomic E-state index is 0.156. The third-order valence-corrected chi connectivity index (χ3v) is 2.80. The Morgan fingerprint density at radius 3 is 2.67 bits per heavy atom. The first kappa shape index (κ1) is 12.7. The molecule has 0 aliphatic rings. The lowest BCUT2D eigenvalue weighted by molar-refractivity contribution is 0.152. The van der Waals surface area contributed by atoms with Gasteiger partial charge in [0, 0.05) is 18.3 Å². The Bertz CT molecular complexity index is 561. The number of hydrogen-bond acceptors (Lipinski definition) is 1. The van der Waals surface area contributed by atoms with E-state index < -0.39 is 12.2 Å². The van der Waals surface area contributed by atoms with Crippen LogP contribution >= 0.6 is 0 Å². The summed E-state index contributed by atoms with van der Waals surface area (Å²) in [5.74, 6) is -0.457. The first-order valence-corrected chi connectivity index (χ1v) is 5.65. The maximum atomic E-state index is 13.2. The van der Waals surface area contributed by atoms with Crippen molar-refractivity contribution >= 4 is 0 Å². The van der Waals surface area contributed by atoms with E-state index in [9.17, 15) is 13.2 Å². The van der Waals surface area contributed by atoms with Crippen molar-refractivity contribution in [2.24, 2.45) is 0 Å². The Kier molecular flexibility index (Phi) is 3.41. The number of alkyl halides is 2. The molecule has 1 aromatic heterocycles. The molecule has 0 aliphatic heterocycles. The molecule has 0 amide bonds. The lowest BCUT2D eigenvalue weighted by Gasteiger charge is -2.05. The van der Waals surface area contributed by atoms with Gasteiger partial charge in [0.2, 0.25) is 0 Å². The second kappa shape index (κ2) is 4.84. The third kappa shape index (κ3) is 2.25. The summed E-state index contributed by atoms with van der Waals surface area (Å²) < 4.78 is 40.6. The van der Waals surface area contributed by atoms with Crippen LogP contribution in [0.5, 0.6) is 0 Å². The molecule has 0 N–H and O–H groups in total. The van der Waals surface area contributed by atoms with Crippen molar-refractivity contribution in [1.82, 2.24) is 9.78 Å². The van der Waals surface area contributed by atoms with Crippen molar-refractivity contribution in [3.63, 3.8) is 0 Å². The van der Waals surface area contributed by atoms with E-state index in [4.69, 9.17) is 0 Å². The lowest BCUT2D eigenvalue weighted by atomic mass is 10.0. The average Bonchev–Trinajstić information content (AvgIpc) is 2.76. The number of halogens is 3. The van der Waals surface area contributed by atoms with E-state index in [0.29, 0.717) is 12.1 Å². The highest BCUT2D eigenvalue weighted by Gasteiger charge is 2.20. The molecule has 96 valence electrons. The number of hydrogen-bond donors (Lipinski definition) is 0. The highest BCUT2D eigenvalue weighted by molar-refractivity contribution is 5.66. The highest BCUT2D eigenvalue weighted by atomic mass is 19.3. The van der Waals surface area contributed by atoms with Gasteiger partial charge in [0.15, 0.2) is 0 Å². The molecule has 0 fully saturated rings. The van der Waals surface area contributed by atoms with E-state index in [1.807, 2.05) is 6.92 Å². The van der Waals surface area contributed by atoms with Crippen molar-refractivity contribution in [1.29, 1.82) is 0 Å². The average molecular weight is 254 g/mol. The largest absolute Gasteiger partial charge is 0.272 e. The van der Waals surface area contributed by atoms with E-state index >= 15 is 0 Å². The predicted molar refractivity (Wildman–Crippen MR) is 63.0 cm³/mol. The van der Waals surface area contributed by atoms with Gasteiger partial charge in [-0.2, -0.15) is 5.10 Å². The summed E-state index contributed by atoms with van der Waals surface area (Å²) in [6, 6.07) is 4.10. The van der Waals surface area contributed by atoms with Gasteiger partial charge in [-0.25, -0.2) is 13.2 Å². The molecule has 0 saturated heterocycles. The van der Waals surface area contributed by atoms with Crippen molar-refractivity contribution in [3.8, 4) is 11.3 Å². The SMILES string of the molecule is CCn1cc(C(F)F)c(-c2cc(F)ccc2C)n1. The molecule has 0 spiro atoms. The molecule has 0 bridgehead atoms. The summed E-state index contributed by atoms with van der Waals surface area (Å²) in [6.07, 6.45) is -1.31. The number of aryl methyl sites for hydroxylation is 2. The molecule has 1 heterocycles. The van der Waals surface area contributed by atoms with E-state index in [0.717, 1.165) is 5.56 Å². The van der Waals surface area contributed by atoms with E-state index in [1.165, 1.54) is 23.0 Å². The van der Waals surface area contributed by atoms with Gasteiger partial charge in [0.1, 0.15) is 11.5 Å². The second-order valence-electron chi connectivity index (χ2n) is 4.05. The fourth-order valence-corrected chi connectivity index (χ4v) is 1.82. The Morgan fingerprint density at radius 1 is 1.33 bits per heavy atom. The molecule has 2 rings (SSSR count). The summed E-state index contributed by atoms with van der Waals surface area (Å²) in [5.41, 5.74) is 1.13. The number of benzene rings is 1.